The van der Waals surface area contributed by atoms with Crippen molar-refractivity contribution in [3.05, 3.63) is 16.9 Å². The first kappa shape index (κ1) is 18.1. The van der Waals surface area contributed by atoms with Crippen molar-refractivity contribution < 1.29 is 4.79 Å². The van der Waals surface area contributed by atoms with Gasteiger partial charge in [-0.2, -0.15) is 5.10 Å². The Hall–Kier alpha value is -0.910. The fourth-order valence-electron chi connectivity index (χ4n) is 2.68. The molecule has 1 aromatic heterocycles. The third-order valence-electron chi connectivity index (χ3n) is 4.22. The van der Waals surface area contributed by atoms with E-state index >= 15 is 0 Å². The van der Waals surface area contributed by atoms with Crippen LogP contribution in [0.3, 0.4) is 0 Å². The van der Waals surface area contributed by atoms with E-state index in [4.69, 9.17) is 11.6 Å². The third kappa shape index (κ3) is 3.65. The maximum atomic E-state index is 13.1. The van der Waals surface area contributed by atoms with Crippen LogP contribution in [0, 0.1) is 0 Å². The molecular weight excluding hydrogens is 288 g/mol. The molecule has 0 bridgehead atoms. The van der Waals surface area contributed by atoms with Gasteiger partial charge in [-0.15, -0.1) is 0 Å². The van der Waals surface area contributed by atoms with Gasteiger partial charge in [-0.25, -0.2) is 0 Å². The number of carbonyl (C=O) groups is 1. The van der Waals surface area contributed by atoms with E-state index < -0.39 is 5.54 Å². The second-order valence-electron chi connectivity index (χ2n) is 5.83. The van der Waals surface area contributed by atoms with Gasteiger partial charge in [0.25, 0.3) is 0 Å². The van der Waals surface area contributed by atoms with Crippen LogP contribution in [0.4, 0.5) is 0 Å². The average molecular weight is 315 g/mol. The zero-order chi connectivity index (χ0) is 16.2. The molecule has 0 aliphatic carbocycles. The first-order chi connectivity index (χ1) is 9.80. The minimum atomic E-state index is -0.528. The highest BCUT2D eigenvalue weighted by atomic mass is 35.5. The summed E-state index contributed by atoms with van der Waals surface area (Å²) in [4.78, 5) is 17.2. The van der Waals surface area contributed by atoms with E-state index in [1.807, 2.05) is 46.9 Å². The minimum absolute atomic E-state index is 0.0544. The zero-order valence-corrected chi connectivity index (χ0v) is 14.7. The molecule has 0 aliphatic rings. The number of rotatable bonds is 8. The molecule has 120 valence electrons. The van der Waals surface area contributed by atoms with Crippen LogP contribution in [0.5, 0.6) is 0 Å². The van der Waals surface area contributed by atoms with Crippen LogP contribution in [0.1, 0.15) is 37.2 Å². The highest BCUT2D eigenvalue weighted by Gasteiger charge is 2.40. The molecule has 21 heavy (non-hydrogen) atoms. The van der Waals surface area contributed by atoms with Crippen molar-refractivity contribution >= 4 is 17.4 Å². The van der Waals surface area contributed by atoms with Crippen molar-refractivity contribution in [3.8, 4) is 0 Å². The molecule has 5 nitrogen and oxygen atoms in total. The molecule has 1 aromatic rings. The molecule has 0 amide bonds. The quantitative estimate of drug-likeness (QED) is 0.691. The Bertz CT molecular complexity index is 478. The van der Waals surface area contributed by atoms with Crippen molar-refractivity contribution in [2.24, 2.45) is 0 Å². The van der Waals surface area contributed by atoms with Gasteiger partial charge in [0.15, 0.2) is 0 Å². The first-order valence-electron chi connectivity index (χ1n) is 7.38. The summed E-state index contributed by atoms with van der Waals surface area (Å²) in [5.74, 6) is 0.0544. The maximum absolute atomic E-state index is 13.1. The highest BCUT2D eigenvalue weighted by molar-refractivity contribution is 6.34. The molecule has 0 aromatic carbocycles. The Balaban J connectivity index is 3.19. The first-order valence-corrected chi connectivity index (χ1v) is 7.76. The van der Waals surface area contributed by atoms with Gasteiger partial charge < -0.3 is 4.90 Å². The Morgan fingerprint density at radius 1 is 1.29 bits per heavy atom. The van der Waals surface area contributed by atoms with E-state index in [1.54, 1.807) is 10.9 Å². The summed E-state index contributed by atoms with van der Waals surface area (Å²) < 4.78 is 1.73. The van der Waals surface area contributed by atoms with E-state index in [9.17, 15) is 4.79 Å². The van der Waals surface area contributed by atoms with Gasteiger partial charge in [0.2, 0.25) is 5.78 Å². The van der Waals surface area contributed by atoms with Crippen molar-refractivity contribution in [2.75, 3.05) is 34.7 Å². The van der Waals surface area contributed by atoms with E-state index in [1.165, 1.54) is 0 Å². The van der Waals surface area contributed by atoms with Crippen LogP contribution >= 0.6 is 11.6 Å². The lowest BCUT2D eigenvalue weighted by Crippen LogP contribution is -2.51. The van der Waals surface area contributed by atoms with E-state index in [-0.39, 0.29) is 5.78 Å². The topological polar surface area (TPSA) is 41.4 Å². The predicted octanol–water partition coefficient (Wildman–Crippen LogP) is 2.40. The SMILES string of the molecule is CCC(CC)(C(=O)c1c(Cl)cnn1CCN(C)C)N(C)C. The third-order valence-corrected chi connectivity index (χ3v) is 4.49. The maximum Gasteiger partial charge on any atom is 0.202 e. The summed E-state index contributed by atoms with van der Waals surface area (Å²) in [5.41, 5.74) is -0.00424. The monoisotopic (exact) mass is 314 g/mol. The molecule has 1 rings (SSSR count). The Kier molecular flexibility index (Phi) is 6.38. The van der Waals surface area contributed by atoms with Crippen LogP contribution in [-0.4, -0.2) is 65.6 Å². The molecular formula is C15H27ClN4O. The van der Waals surface area contributed by atoms with Gasteiger partial charge in [0.05, 0.1) is 23.3 Å². The Morgan fingerprint density at radius 3 is 2.29 bits per heavy atom. The minimum Gasteiger partial charge on any atom is -0.308 e. The molecule has 0 unspecified atom stereocenters. The summed E-state index contributed by atoms with van der Waals surface area (Å²) in [6, 6.07) is 0. The fourth-order valence-corrected chi connectivity index (χ4v) is 2.91. The molecule has 0 saturated heterocycles. The number of ketones is 1. The molecule has 1 heterocycles. The number of carbonyl (C=O) groups excluding carboxylic acids is 1. The summed E-state index contributed by atoms with van der Waals surface area (Å²) in [5, 5.41) is 4.71. The molecule has 0 radical (unpaired) electrons. The van der Waals surface area contributed by atoms with Crippen LogP contribution in [0.25, 0.3) is 0 Å². The highest BCUT2D eigenvalue weighted by Crippen LogP contribution is 2.29. The predicted molar refractivity (Wildman–Crippen MR) is 87.1 cm³/mol. The fraction of sp³-hybridized carbons (Fsp3) is 0.733. The average Bonchev–Trinajstić information content (AvgIpc) is 2.78. The number of hydrogen-bond donors (Lipinski definition) is 0. The normalized spacial score (nSPS) is 12.4. The number of halogens is 1. The number of Topliss-reactive ketones (excluding diaryl/α,β-unsaturated/α-hetero) is 1. The second-order valence-corrected chi connectivity index (χ2v) is 6.24. The lowest BCUT2D eigenvalue weighted by atomic mass is 9.85. The van der Waals surface area contributed by atoms with Crippen LogP contribution < -0.4 is 0 Å². The van der Waals surface area contributed by atoms with E-state index in [2.05, 4.69) is 10.00 Å². The van der Waals surface area contributed by atoms with Crippen molar-refractivity contribution in [1.29, 1.82) is 0 Å². The summed E-state index contributed by atoms with van der Waals surface area (Å²) in [6.45, 7) is 5.54. The van der Waals surface area contributed by atoms with Gasteiger partial charge >= 0.3 is 0 Å². The summed E-state index contributed by atoms with van der Waals surface area (Å²) in [7, 11) is 7.88. The van der Waals surface area contributed by atoms with Crippen molar-refractivity contribution in [3.63, 3.8) is 0 Å². The Labute approximate surface area is 132 Å². The molecule has 0 N–H and O–H groups in total. The van der Waals surface area contributed by atoms with Crippen LogP contribution in [0.15, 0.2) is 6.20 Å². The van der Waals surface area contributed by atoms with Gasteiger partial charge in [0, 0.05) is 6.54 Å². The molecule has 0 spiro atoms. The van der Waals surface area contributed by atoms with Gasteiger partial charge in [-0.05, 0) is 41.0 Å². The largest absolute Gasteiger partial charge is 0.308 e. The van der Waals surface area contributed by atoms with E-state index in [0.29, 0.717) is 17.3 Å². The van der Waals surface area contributed by atoms with E-state index in [0.717, 1.165) is 19.4 Å². The molecule has 6 heteroatoms. The van der Waals surface area contributed by atoms with Crippen LogP contribution in [0.2, 0.25) is 5.02 Å². The van der Waals surface area contributed by atoms with Gasteiger partial charge in [0.1, 0.15) is 5.69 Å². The smallest absolute Gasteiger partial charge is 0.202 e. The number of aromatic nitrogens is 2. The molecule has 0 saturated carbocycles. The molecule has 0 fully saturated rings. The Morgan fingerprint density at radius 2 is 1.86 bits per heavy atom. The second kappa shape index (κ2) is 7.38. The van der Waals surface area contributed by atoms with Crippen molar-refractivity contribution in [2.45, 2.75) is 38.8 Å². The summed E-state index contributed by atoms with van der Waals surface area (Å²) in [6.07, 6.45) is 3.05. The zero-order valence-electron chi connectivity index (χ0n) is 14.0. The molecule has 0 aliphatic heterocycles. The number of likely N-dealkylation sites (N-methyl/N-ethyl adjacent to an activating group) is 2. The summed E-state index contributed by atoms with van der Waals surface area (Å²) >= 11 is 6.24. The standard InChI is InChI=1S/C15H27ClN4O/c1-7-15(8-2,19(5)6)14(21)13-12(16)11-17-20(13)10-9-18(3)4/h11H,7-10H2,1-6H3. The van der Waals surface area contributed by atoms with Crippen molar-refractivity contribution in [1.82, 2.24) is 19.6 Å². The lowest BCUT2D eigenvalue weighted by Gasteiger charge is -2.37. The number of hydrogen-bond acceptors (Lipinski definition) is 4. The van der Waals surface area contributed by atoms with Gasteiger partial charge in [-0.3, -0.25) is 14.4 Å². The lowest BCUT2D eigenvalue weighted by molar-refractivity contribution is 0.0643. The number of nitrogens with zero attached hydrogens (tertiary/aromatic N) is 4. The van der Waals surface area contributed by atoms with Crippen LogP contribution in [-0.2, 0) is 6.54 Å². The molecule has 0 atom stereocenters. The van der Waals surface area contributed by atoms with Gasteiger partial charge in [-0.1, -0.05) is 25.4 Å².